The number of aliphatic hydroxyl groups is 2. The lowest BCUT2D eigenvalue weighted by Crippen LogP contribution is -2.44. The fourth-order valence-corrected chi connectivity index (χ4v) is 1.45. The maximum Gasteiger partial charge on any atom is 0.408 e. The monoisotopic (exact) mass is 286 g/mol. The number of nitrogens with one attached hydrogen (secondary N) is 1. The van der Waals surface area contributed by atoms with Crippen LogP contribution in [0, 0.1) is 5.82 Å². The second-order valence-electron chi connectivity index (χ2n) is 5.28. The molecule has 0 saturated heterocycles. The van der Waals surface area contributed by atoms with E-state index in [0.29, 0.717) is 0 Å². The van der Waals surface area contributed by atoms with Crippen molar-refractivity contribution < 1.29 is 24.1 Å². The van der Waals surface area contributed by atoms with Crippen LogP contribution in [0.1, 0.15) is 32.6 Å². The van der Waals surface area contributed by atoms with Crippen molar-refractivity contribution in [3.05, 3.63) is 29.8 Å². The lowest BCUT2D eigenvalue weighted by molar-refractivity contribution is 0.0343. The SMILES string of the molecule is CC(C)(C)OC(=O)NC(CO)C(O)c1ccc(F)cn1. The van der Waals surface area contributed by atoms with E-state index in [1.165, 1.54) is 6.07 Å². The summed E-state index contributed by atoms with van der Waals surface area (Å²) in [5.41, 5.74) is -0.551. The van der Waals surface area contributed by atoms with E-state index in [0.717, 1.165) is 12.3 Å². The molecule has 1 rings (SSSR count). The first-order valence-electron chi connectivity index (χ1n) is 6.13. The molecule has 3 N–H and O–H groups in total. The molecule has 20 heavy (non-hydrogen) atoms. The average Bonchev–Trinajstić information content (AvgIpc) is 2.34. The van der Waals surface area contributed by atoms with Gasteiger partial charge in [-0.1, -0.05) is 0 Å². The maximum atomic E-state index is 12.7. The summed E-state index contributed by atoms with van der Waals surface area (Å²) in [6.45, 7) is 4.56. The molecule has 2 atom stereocenters. The maximum absolute atomic E-state index is 12.7. The summed E-state index contributed by atoms with van der Waals surface area (Å²) in [6.07, 6.45) is -1.09. The van der Waals surface area contributed by atoms with Gasteiger partial charge in [0.25, 0.3) is 0 Å². The van der Waals surface area contributed by atoms with Crippen molar-refractivity contribution in [1.29, 1.82) is 0 Å². The molecule has 1 amide bonds. The van der Waals surface area contributed by atoms with Crippen LogP contribution in [0.15, 0.2) is 18.3 Å². The van der Waals surface area contributed by atoms with E-state index in [1.807, 2.05) is 0 Å². The number of carbonyl (C=O) groups is 1. The molecule has 2 unspecified atom stereocenters. The zero-order valence-corrected chi connectivity index (χ0v) is 11.6. The molecule has 0 aliphatic rings. The van der Waals surface area contributed by atoms with Gasteiger partial charge in [0.1, 0.15) is 17.5 Å². The highest BCUT2D eigenvalue weighted by Gasteiger charge is 2.25. The molecule has 1 aromatic heterocycles. The number of aromatic nitrogens is 1. The number of aliphatic hydroxyl groups excluding tert-OH is 2. The van der Waals surface area contributed by atoms with Gasteiger partial charge < -0.3 is 20.3 Å². The number of rotatable bonds is 4. The normalized spacial score (nSPS) is 14.5. The second-order valence-corrected chi connectivity index (χ2v) is 5.28. The molecule has 0 fully saturated rings. The van der Waals surface area contributed by atoms with Crippen molar-refractivity contribution in [2.45, 2.75) is 38.5 Å². The van der Waals surface area contributed by atoms with Gasteiger partial charge in [-0.3, -0.25) is 4.98 Å². The number of alkyl carbamates (subject to hydrolysis) is 1. The highest BCUT2D eigenvalue weighted by atomic mass is 19.1. The molecule has 0 saturated carbocycles. The summed E-state index contributed by atoms with van der Waals surface area (Å²) < 4.78 is 17.8. The number of halogens is 1. The van der Waals surface area contributed by atoms with Crippen LogP contribution in [0.5, 0.6) is 0 Å². The van der Waals surface area contributed by atoms with E-state index in [-0.39, 0.29) is 5.69 Å². The molecule has 0 radical (unpaired) electrons. The molecule has 7 heteroatoms. The first-order valence-corrected chi connectivity index (χ1v) is 6.13. The molecule has 1 heterocycles. The topological polar surface area (TPSA) is 91.7 Å². The van der Waals surface area contributed by atoms with Gasteiger partial charge in [0.2, 0.25) is 0 Å². The van der Waals surface area contributed by atoms with Crippen LogP contribution in [0.25, 0.3) is 0 Å². The minimum Gasteiger partial charge on any atom is -0.444 e. The largest absolute Gasteiger partial charge is 0.444 e. The quantitative estimate of drug-likeness (QED) is 0.772. The number of carbonyl (C=O) groups excluding carboxylic acids is 1. The van der Waals surface area contributed by atoms with Gasteiger partial charge in [0.05, 0.1) is 24.5 Å². The van der Waals surface area contributed by atoms with Crippen LogP contribution in [-0.4, -0.2) is 39.5 Å². The van der Waals surface area contributed by atoms with Gasteiger partial charge in [0.15, 0.2) is 0 Å². The van der Waals surface area contributed by atoms with E-state index >= 15 is 0 Å². The van der Waals surface area contributed by atoms with Crippen LogP contribution in [0.3, 0.4) is 0 Å². The second kappa shape index (κ2) is 6.62. The number of amides is 1. The Labute approximate surface area is 116 Å². The third kappa shape index (κ3) is 5.10. The van der Waals surface area contributed by atoms with Crippen LogP contribution in [0.4, 0.5) is 9.18 Å². The zero-order valence-electron chi connectivity index (χ0n) is 11.6. The van der Waals surface area contributed by atoms with E-state index in [9.17, 15) is 19.4 Å². The van der Waals surface area contributed by atoms with Crippen molar-refractivity contribution in [2.75, 3.05) is 6.61 Å². The molecule has 0 spiro atoms. The number of ether oxygens (including phenoxy) is 1. The molecule has 0 bridgehead atoms. The predicted molar refractivity (Wildman–Crippen MR) is 69.4 cm³/mol. The Balaban J connectivity index is 2.70. The van der Waals surface area contributed by atoms with Gasteiger partial charge in [-0.2, -0.15) is 0 Å². The Kier molecular flexibility index (Phi) is 5.41. The number of hydrogen-bond donors (Lipinski definition) is 3. The summed E-state index contributed by atoms with van der Waals surface area (Å²) in [7, 11) is 0. The number of pyridine rings is 1. The van der Waals surface area contributed by atoms with Gasteiger partial charge >= 0.3 is 6.09 Å². The van der Waals surface area contributed by atoms with Crippen LogP contribution in [-0.2, 0) is 4.74 Å². The summed E-state index contributed by atoms with van der Waals surface area (Å²) in [5.74, 6) is -0.540. The van der Waals surface area contributed by atoms with Crippen molar-refractivity contribution >= 4 is 6.09 Å². The Morgan fingerprint density at radius 1 is 1.50 bits per heavy atom. The lowest BCUT2D eigenvalue weighted by atomic mass is 10.1. The zero-order chi connectivity index (χ0) is 15.3. The summed E-state index contributed by atoms with van der Waals surface area (Å²) in [4.78, 5) is 15.3. The van der Waals surface area contributed by atoms with Gasteiger partial charge in [-0.15, -0.1) is 0 Å². The Morgan fingerprint density at radius 3 is 2.60 bits per heavy atom. The Bertz CT molecular complexity index is 445. The third-order valence-electron chi connectivity index (χ3n) is 2.33. The molecule has 112 valence electrons. The van der Waals surface area contributed by atoms with E-state index < -0.39 is 36.3 Å². The van der Waals surface area contributed by atoms with E-state index in [1.54, 1.807) is 20.8 Å². The van der Waals surface area contributed by atoms with Crippen LogP contribution in [0.2, 0.25) is 0 Å². The standard InChI is InChI=1S/C13H19FN2O4/c1-13(2,3)20-12(19)16-10(7-17)11(18)9-5-4-8(14)6-15-9/h4-6,10-11,17-18H,7H2,1-3H3,(H,16,19). The fraction of sp³-hybridized carbons (Fsp3) is 0.538. The number of hydrogen-bond acceptors (Lipinski definition) is 5. The average molecular weight is 286 g/mol. The lowest BCUT2D eigenvalue weighted by Gasteiger charge is -2.25. The van der Waals surface area contributed by atoms with Gasteiger partial charge in [-0.05, 0) is 32.9 Å². The van der Waals surface area contributed by atoms with Crippen molar-refractivity contribution in [2.24, 2.45) is 0 Å². The Morgan fingerprint density at radius 2 is 2.15 bits per heavy atom. The Hall–Kier alpha value is -1.73. The predicted octanol–water partition coefficient (Wildman–Crippen LogP) is 1.14. The third-order valence-corrected chi connectivity index (χ3v) is 2.33. The van der Waals surface area contributed by atoms with Gasteiger partial charge in [0, 0.05) is 0 Å². The summed E-state index contributed by atoms with van der Waals surface area (Å²) in [5, 5.41) is 21.6. The summed E-state index contributed by atoms with van der Waals surface area (Å²) >= 11 is 0. The van der Waals surface area contributed by atoms with Crippen LogP contribution < -0.4 is 5.32 Å². The first-order chi connectivity index (χ1) is 9.23. The first kappa shape index (κ1) is 16.3. The molecule has 0 aliphatic heterocycles. The molecular weight excluding hydrogens is 267 g/mol. The highest BCUT2D eigenvalue weighted by Crippen LogP contribution is 2.15. The minimum atomic E-state index is -1.27. The molecular formula is C13H19FN2O4. The van der Waals surface area contributed by atoms with E-state index in [2.05, 4.69) is 10.3 Å². The van der Waals surface area contributed by atoms with Crippen molar-refractivity contribution in [3.63, 3.8) is 0 Å². The minimum absolute atomic E-state index is 0.140. The van der Waals surface area contributed by atoms with E-state index in [4.69, 9.17) is 4.74 Å². The highest BCUT2D eigenvalue weighted by molar-refractivity contribution is 5.68. The van der Waals surface area contributed by atoms with Crippen molar-refractivity contribution in [1.82, 2.24) is 10.3 Å². The molecule has 1 aromatic rings. The molecule has 6 nitrogen and oxygen atoms in total. The van der Waals surface area contributed by atoms with Gasteiger partial charge in [-0.25, -0.2) is 9.18 Å². The smallest absolute Gasteiger partial charge is 0.408 e. The van der Waals surface area contributed by atoms with Crippen molar-refractivity contribution in [3.8, 4) is 0 Å². The van der Waals surface area contributed by atoms with Crippen LogP contribution >= 0.6 is 0 Å². The molecule has 0 aromatic carbocycles. The summed E-state index contributed by atoms with van der Waals surface area (Å²) in [6, 6.07) is 1.41. The fourth-order valence-electron chi connectivity index (χ4n) is 1.45. The number of nitrogens with zero attached hydrogens (tertiary/aromatic N) is 1. The molecule has 0 aliphatic carbocycles.